The molecule has 4 nitrogen and oxygen atoms in total. The van der Waals surface area contributed by atoms with E-state index in [1.807, 2.05) is 11.4 Å². The lowest BCUT2D eigenvalue weighted by atomic mass is 9.94. The molecule has 0 saturated carbocycles. The maximum atomic E-state index is 9.56. The number of nitrogens with one attached hydrogen (secondary N) is 1. The van der Waals surface area contributed by atoms with Gasteiger partial charge in [0.2, 0.25) is 0 Å². The van der Waals surface area contributed by atoms with Crippen LogP contribution in [0.3, 0.4) is 0 Å². The van der Waals surface area contributed by atoms with E-state index in [4.69, 9.17) is 0 Å². The average Bonchev–Trinajstić information content (AvgIpc) is 2.85. The summed E-state index contributed by atoms with van der Waals surface area (Å²) >= 11 is 1.60. The molecular formula is C12H17N3OS. The van der Waals surface area contributed by atoms with E-state index in [0.717, 1.165) is 28.9 Å². The molecule has 2 aromatic heterocycles. The van der Waals surface area contributed by atoms with E-state index in [2.05, 4.69) is 29.1 Å². The molecule has 2 heterocycles. The summed E-state index contributed by atoms with van der Waals surface area (Å²) in [5.41, 5.74) is -0.288. The molecule has 0 aliphatic rings. The van der Waals surface area contributed by atoms with Crippen molar-refractivity contribution in [2.45, 2.75) is 32.2 Å². The zero-order valence-corrected chi connectivity index (χ0v) is 10.9. The van der Waals surface area contributed by atoms with Gasteiger partial charge < -0.3 is 10.4 Å². The Hall–Kier alpha value is -1.20. The van der Waals surface area contributed by atoms with Crippen LogP contribution < -0.4 is 5.32 Å². The molecule has 0 spiro atoms. The summed E-state index contributed by atoms with van der Waals surface area (Å²) in [4.78, 5) is 9.47. The van der Waals surface area contributed by atoms with Gasteiger partial charge >= 0.3 is 0 Å². The molecule has 0 atom stereocenters. The van der Waals surface area contributed by atoms with Crippen molar-refractivity contribution in [1.82, 2.24) is 9.97 Å². The van der Waals surface area contributed by atoms with Crippen molar-refractivity contribution in [3.8, 4) is 0 Å². The van der Waals surface area contributed by atoms with Crippen molar-refractivity contribution in [3.63, 3.8) is 0 Å². The number of nitrogens with zero attached hydrogens (tertiary/aromatic N) is 2. The first-order valence-electron chi connectivity index (χ1n) is 5.82. The summed E-state index contributed by atoms with van der Waals surface area (Å²) in [5.74, 6) is 0.814. The van der Waals surface area contributed by atoms with Gasteiger partial charge in [0.15, 0.2) is 0 Å². The molecule has 17 heavy (non-hydrogen) atoms. The average molecular weight is 251 g/mol. The van der Waals surface area contributed by atoms with Gasteiger partial charge in [-0.05, 0) is 24.3 Å². The zero-order chi connectivity index (χ0) is 12.3. The first-order valence-corrected chi connectivity index (χ1v) is 6.70. The number of rotatable bonds is 5. The standard InChI is InChI=1S/C12H17N3OS/c1-3-12(4-2,7-16)15-10-9-5-6-17-11(9)14-8-13-10/h5-6,8,16H,3-4,7H2,1-2H3,(H,13,14,15). The molecule has 92 valence electrons. The van der Waals surface area contributed by atoms with Crippen LogP contribution in [-0.4, -0.2) is 27.2 Å². The van der Waals surface area contributed by atoms with Crippen molar-refractivity contribution >= 4 is 27.4 Å². The van der Waals surface area contributed by atoms with Gasteiger partial charge in [-0.2, -0.15) is 0 Å². The maximum absolute atomic E-state index is 9.56. The fourth-order valence-corrected chi connectivity index (χ4v) is 2.56. The molecular weight excluding hydrogens is 234 g/mol. The molecule has 2 aromatic rings. The van der Waals surface area contributed by atoms with E-state index >= 15 is 0 Å². The largest absolute Gasteiger partial charge is 0.394 e. The van der Waals surface area contributed by atoms with E-state index in [-0.39, 0.29) is 12.1 Å². The van der Waals surface area contributed by atoms with Crippen LogP contribution in [0.5, 0.6) is 0 Å². The van der Waals surface area contributed by atoms with Crippen molar-refractivity contribution in [2.75, 3.05) is 11.9 Å². The monoisotopic (exact) mass is 251 g/mol. The van der Waals surface area contributed by atoms with E-state index in [1.165, 1.54) is 0 Å². The Labute approximate surface area is 105 Å². The van der Waals surface area contributed by atoms with Gasteiger partial charge in [0.05, 0.1) is 17.5 Å². The fourth-order valence-electron chi connectivity index (χ4n) is 1.83. The highest BCUT2D eigenvalue weighted by Crippen LogP contribution is 2.28. The van der Waals surface area contributed by atoms with Crippen molar-refractivity contribution < 1.29 is 5.11 Å². The number of aromatic nitrogens is 2. The number of fused-ring (bicyclic) bond motifs is 1. The molecule has 2 rings (SSSR count). The number of hydrogen-bond donors (Lipinski definition) is 2. The fraction of sp³-hybridized carbons (Fsp3) is 0.500. The Balaban J connectivity index is 2.37. The molecule has 0 radical (unpaired) electrons. The summed E-state index contributed by atoms with van der Waals surface area (Å²) < 4.78 is 0. The molecule has 0 fully saturated rings. The lowest BCUT2D eigenvalue weighted by Crippen LogP contribution is -2.41. The van der Waals surface area contributed by atoms with Gasteiger partial charge in [0.25, 0.3) is 0 Å². The lowest BCUT2D eigenvalue weighted by Gasteiger charge is -2.31. The van der Waals surface area contributed by atoms with Gasteiger partial charge in [-0.1, -0.05) is 13.8 Å². The second-order valence-corrected chi connectivity index (χ2v) is 5.03. The Morgan fingerprint density at radius 3 is 2.76 bits per heavy atom. The third kappa shape index (κ3) is 2.25. The molecule has 0 aliphatic heterocycles. The minimum Gasteiger partial charge on any atom is -0.394 e. The maximum Gasteiger partial charge on any atom is 0.138 e. The number of anilines is 1. The van der Waals surface area contributed by atoms with Crippen LogP contribution in [-0.2, 0) is 0 Å². The molecule has 0 aromatic carbocycles. The zero-order valence-electron chi connectivity index (χ0n) is 10.1. The second-order valence-electron chi connectivity index (χ2n) is 4.13. The number of thiophene rings is 1. The molecule has 5 heteroatoms. The highest BCUT2D eigenvalue weighted by atomic mass is 32.1. The summed E-state index contributed by atoms with van der Waals surface area (Å²) in [6.07, 6.45) is 3.28. The predicted octanol–water partition coefficient (Wildman–Crippen LogP) is 2.65. The summed E-state index contributed by atoms with van der Waals surface area (Å²) in [7, 11) is 0. The molecule has 0 amide bonds. The highest BCUT2D eigenvalue weighted by molar-refractivity contribution is 7.16. The smallest absolute Gasteiger partial charge is 0.138 e. The quantitative estimate of drug-likeness (QED) is 0.857. The molecule has 0 bridgehead atoms. The van der Waals surface area contributed by atoms with Crippen LogP contribution in [0.15, 0.2) is 17.8 Å². The highest BCUT2D eigenvalue weighted by Gasteiger charge is 2.26. The Bertz CT molecular complexity index is 485. The molecule has 0 unspecified atom stereocenters. The van der Waals surface area contributed by atoms with Gasteiger partial charge in [-0.3, -0.25) is 0 Å². The van der Waals surface area contributed by atoms with Crippen LogP contribution >= 0.6 is 11.3 Å². The first-order chi connectivity index (χ1) is 8.24. The lowest BCUT2D eigenvalue weighted by molar-refractivity contribution is 0.202. The van der Waals surface area contributed by atoms with E-state index in [0.29, 0.717) is 0 Å². The predicted molar refractivity (Wildman–Crippen MR) is 71.4 cm³/mol. The van der Waals surface area contributed by atoms with Gasteiger partial charge in [0, 0.05) is 0 Å². The Kier molecular flexibility index (Phi) is 3.59. The number of aliphatic hydroxyl groups excluding tert-OH is 1. The summed E-state index contributed by atoms with van der Waals surface area (Å²) in [5, 5.41) is 16.0. The first kappa shape index (κ1) is 12.3. The van der Waals surface area contributed by atoms with Gasteiger partial charge in [-0.25, -0.2) is 9.97 Å². The summed E-state index contributed by atoms with van der Waals surface area (Å²) in [6.45, 7) is 4.24. The minimum absolute atomic E-state index is 0.107. The number of aliphatic hydroxyl groups is 1. The van der Waals surface area contributed by atoms with E-state index in [1.54, 1.807) is 17.7 Å². The summed E-state index contributed by atoms with van der Waals surface area (Å²) in [6, 6.07) is 2.01. The van der Waals surface area contributed by atoms with Gasteiger partial charge in [-0.15, -0.1) is 11.3 Å². The minimum atomic E-state index is -0.288. The topological polar surface area (TPSA) is 58.0 Å². The van der Waals surface area contributed by atoms with Crippen LogP contribution in [0.25, 0.3) is 10.2 Å². The molecule has 0 saturated heterocycles. The normalized spacial score (nSPS) is 11.9. The van der Waals surface area contributed by atoms with Crippen LogP contribution in [0.1, 0.15) is 26.7 Å². The Morgan fingerprint density at radius 2 is 2.12 bits per heavy atom. The second kappa shape index (κ2) is 4.98. The van der Waals surface area contributed by atoms with E-state index in [9.17, 15) is 5.11 Å². The van der Waals surface area contributed by atoms with Gasteiger partial charge in [0.1, 0.15) is 17.0 Å². The third-order valence-corrected chi connectivity index (χ3v) is 4.12. The number of hydrogen-bond acceptors (Lipinski definition) is 5. The van der Waals surface area contributed by atoms with Crippen molar-refractivity contribution in [1.29, 1.82) is 0 Å². The SMILES string of the molecule is CCC(CC)(CO)Nc1ncnc2sccc12. The van der Waals surface area contributed by atoms with Crippen LogP contribution in [0, 0.1) is 0 Å². The Morgan fingerprint density at radius 1 is 1.35 bits per heavy atom. The third-order valence-electron chi connectivity index (χ3n) is 3.30. The van der Waals surface area contributed by atoms with E-state index < -0.39 is 0 Å². The van der Waals surface area contributed by atoms with Crippen LogP contribution in [0.2, 0.25) is 0 Å². The van der Waals surface area contributed by atoms with Crippen molar-refractivity contribution in [3.05, 3.63) is 17.8 Å². The van der Waals surface area contributed by atoms with Crippen LogP contribution in [0.4, 0.5) is 5.82 Å². The molecule has 0 aliphatic carbocycles. The van der Waals surface area contributed by atoms with Crippen molar-refractivity contribution in [2.24, 2.45) is 0 Å². The molecule has 2 N–H and O–H groups in total.